The number of carboxylic acids is 1. The lowest BCUT2D eigenvalue weighted by Crippen LogP contribution is -2.51. The lowest BCUT2D eigenvalue weighted by Gasteiger charge is -2.37. The van der Waals surface area contributed by atoms with Gasteiger partial charge in [-0.2, -0.15) is 0 Å². The van der Waals surface area contributed by atoms with Crippen molar-refractivity contribution in [2.24, 2.45) is 0 Å². The van der Waals surface area contributed by atoms with Gasteiger partial charge in [0.15, 0.2) is 0 Å². The maximum Gasteiger partial charge on any atom is 0.326 e. The molecule has 0 aromatic heterocycles. The van der Waals surface area contributed by atoms with E-state index in [1.165, 1.54) is 19.3 Å². The number of likely N-dealkylation sites (tertiary alicyclic amines) is 1. The summed E-state index contributed by atoms with van der Waals surface area (Å²) in [6, 6.07) is -0.384. The van der Waals surface area contributed by atoms with Gasteiger partial charge in [-0.3, -0.25) is 0 Å². The van der Waals surface area contributed by atoms with E-state index in [1.54, 1.807) is 4.90 Å². The summed E-state index contributed by atoms with van der Waals surface area (Å²) >= 11 is 0. The molecular weight excluding hydrogens is 244 g/mol. The molecule has 2 aliphatic rings. The molecular formula is C14H24N2O3. The van der Waals surface area contributed by atoms with Crippen LogP contribution in [0.5, 0.6) is 0 Å². The van der Waals surface area contributed by atoms with Gasteiger partial charge in [-0.05, 0) is 32.6 Å². The number of aliphatic carboxylic acids is 1. The highest BCUT2D eigenvalue weighted by Gasteiger charge is 2.37. The molecule has 1 unspecified atom stereocenters. The number of amides is 2. The second-order valence-corrected chi connectivity index (χ2v) is 5.55. The van der Waals surface area contributed by atoms with Gasteiger partial charge >= 0.3 is 12.0 Å². The van der Waals surface area contributed by atoms with E-state index in [2.05, 4.69) is 0 Å². The van der Waals surface area contributed by atoms with Gasteiger partial charge in [-0.1, -0.05) is 19.3 Å². The smallest absolute Gasteiger partial charge is 0.326 e. The first-order valence-corrected chi connectivity index (χ1v) is 7.45. The molecule has 0 aromatic carbocycles. The van der Waals surface area contributed by atoms with E-state index < -0.39 is 12.0 Å². The summed E-state index contributed by atoms with van der Waals surface area (Å²) in [6.07, 6.45) is 7.11. The van der Waals surface area contributed by atoms with Gasteiger partial charge in [0.05, 0.1) is 0 Å². The van der Waals surface area contributed by atoms with Crippen LogP contribution < -0.4 is 0 Å². The van der Waals surface area contributed by atoms with Crippen LogP contribution in [-0.2, 0) is 4.79 Å². The molecule has 0 radical (unpaired) electrons. The minimum absolute atomic E-state index is 0.0701. The molecule has 0 spiro atoms. The van der Waals surface area contributed by atoms with Crippen LogP contribution in [0.3, 0.4) is 0 Å². The second kappa shape index (κ2) is 6.26. The summed E-state index contributed by atoms with van der Waals surface area (Å²) in [5, 5.41) is 9.18. The number of rotatable bonds is 3. The van der Waals surface area contributed by atoms with Gasteiger partial charge in [0.1, 0.15) is 6.04 Å². The SMILES string of the molecule is CCN(C(=O)N1CCCC1C(=O)O)C1CCCCC1. The Morgan fingerprint density at radius 2 is 1.84 bits per heavy atom. The van der Waals surface area contributed by atoms with E-state index in [9.17, 15) is 14.7 Å². The molecule has 5 heteroatoms. The van der Waals surface area contributed by atoms with Gasteiger partial charge in [0.25, 0.3) is 0 Å². The van der Waals surface area contributed by atoms with Crippen LogP contribution in [0, 0.1) is 0 Å². The van der Waals surface area contributed by atoms with Crippen LogP contribution in [0.1, 0.15) is 51.9 Å². The van der Waals surface area contributed by atoms with Crippen molar-refractivity contribution < 1.29 is 14.7 Å². The molecule has 2 amide bonds. The Kier molecular flexibility index (Phi) is 4.66. The molecule has 1 aliphatic heterocycles. The standard InChI is InChI=1S/C14H24N2O3/c1-2-15(11-7-4-3-5-8-11)14(19)16-10-6-9-12(16)13(17)18/h11-12H,2-10H2,1H3,(H,17,18). The normalized spacial score (nSPS) is 24.5. The summed E-state index contributed by atoms with van der Waals surface area (Å²) in [5.41, 5.74) is 0. The van der Waals surface area contributed by atoms with Crippen LogP contribution in [0.15, 0.2) is 0 Å². The van der Waals surface area contributed by atoms with Crippen molar-refractivity contribution in [1.82, 2.24) is 9.80 Å². The highest BCUT2D eigenvalue weighted by atomic mass is 16.4. The molecule has 108 valence electrons. The van der Waals surface area contributed by atoms with Gasteiger partial charge in [0.2, 0.25) is 0 Å². The summed E-state index contributed by atoms with van der Waals surface area (Å²) in [5.74, 6) is -0.870. The van der Waals surface area contributed by atoms with Crippen LogP contribution in [0.25, 0.3) is 0 Å². The van der Waals surface area contributed by atoms with E-state index in [4.69, 9.17) is 0 Å². The zero-order valence-electron chi connectivity index (χ0n) is 11.7. The summed E-state index contributed by atoms with van der Waals surface area (Å²) in [6.45, 7) is 3.24. The first-order chi connectivity index (χ1) is 9.15. The van der Waals surface area contributed by atoms with E-state index in [-0.39, 0.29) is 6.03 Å². The van der Waals surface area contributed by atoms with Crippen molar-refractivity contribution in [3.8, 4) is 0 Å². The Bertz CT molecular complexity index is 340. The Morgan fingerprint density at radius 1 is 1.16 bits per heavy atom. The van der Waals surface area contributed by atoms with Crippen LogP contribution >= 0.6 is 0 Å². The molecule has 5 nitrogen and oxygen atoms in total. The van der Waals surface area contributed by atoms with Crippen molar-refractivity contribution >= 4 is 12.0 Å². The molecule has 19 heavy (non-hydrogen) atoms. The molecule has 1 saturated carbocycles. The third-order valence-corrected chi connectivity index (χ3v) is 4.39. The van der Waals surface area contributed by atoms with Crippen molar-refractivity contribution in [3.63, 3.8) is 0 Å². The molecule has 1 atom stereocenters. The minimum Gasteiger partial charge on any atom is -0.480 e. The quantitative estimate of drug-likeness (QED) is 0.854. The third-order valence-electron chi connectivity index (χ3n) is 4.39. The number of carboxylic acid groups (broad SMARTS) is 1. The molecule has 1 aliphatic carbocycles. The summed E-state index contributed by atoms with van der Waals surface area (Å²) < 4.78 is 0. The lowest BCUT2D eigenvalue weighted by atomic mass is 9.94. The van der Waals surface area contributed by atoms with Gasteiger partial charge in [-0.15, -0.1) is 0 Å². The third kappa shape index (κ3) is 3.01. The van der Waals surface area contributed by atoms with Gasteiger partial charge < -0.3 is 14.9 Å². The molecule has 2 fully saturated rings. The predicted octanol–water partition coefficient (Wildman–Crippen LogP) is 2.31. The number of carbonyl (C=O) groups is 2. The fourth-order valence-corrected chi connectivity index (χ4v) is 3.36. The molecule has 1 saturated heterocycles. The van der Waals surface area contributed by atoms with Crippen molar-refractivity contribution in [3.05, 3.63) is 0 Å². The average Bonchev–Trinajstić information content (AvgIpc) is 2.90. The zero-order chi connectivity index (χ0) is 13.8. The average molecular weight is 268 g/mol. The Balaban J connectivity index is 2.05. The Hall–Kier alpha value is -1.26. The predicted molar refractivity (Wildman–Crippen MR) is 72.0 cm³/mol. The number of nitrogens with zero attached hydrogens (tertiary/aromatic N) is 2. The fraction of sp³-hybridized carbons (Fsp3) is 0.857. The summed E-state index contributed by atoms with van der Waals surface area (Å²) in [7, 11) is 0. The Morgan fingerprint density at radius 3 is 2.42 bits per heavy atom. The largest absolute Gasteiger partial charge is 0.480 e. The topological polar surface area (TPSA) is 60.9 Å². The lowest BCUT2D eigenvalue weighted by molar-refractivity contribution is -0.141. The van der Waals surface area contributed by atoms with Crippen molar-refractivity contribution in [2.75, 3.05) is 13.1 Å². The number of carbonyl (C=O) groups excluding carboxylic acids is 1. The first kappa shape index (κ1) is 14.2. The fourth-order valence-electron chi connectivity index (χ4n) is 3.36. The monoisotopic (exact) mass is 268 g/mol. The van der Waals surface area contributed by atoms with Crippen molar-refractivity contribution in [1.29, 1.82) is 0 Å². The first-order valence-electron chi connectivity index (χ1n) is 7.45. The number of hydrogen-bond acceptors (Lipinski definition) is 2. The maximum absolute atomic E-state index is 12.6. The molecule has 1 N–H and O–H groups in total. The van der Waals surface area contributed by atoms with Crippen LogP contribution in [0.2, 0.25) is 0 Å². The van der Waals surface area contributed by atoms with E-state index in [0.29, 0.717) is 25.6 Å². The Labute approximate surface area is 114 Å². The molecule has 0 bridgehead atoms. The van der Waals surface area contributed by atoms with Gasteiger partial charge in [-0.25, -0.2) is 9.59 Å². The molecule has 1 heterocycles. The molecule has 2 rings (SSSR count). The van der Waals surface area contributed by atoms with E-state index >= 15 is 0 Å². The maximum atomic E-state index is 12.6. The summed E-state index contributed by atoms with van der Waals surface area (Å²) in [4.78, 5) is 27.2. The minimum atomic E-state index is -0.870. The molecule has 0 aromatic rings. The van der Waals surface area contributed by atoms with Crippen LogP contribution in [-0.4, -0.2) is 52.1 Å². The van der Waals surface area contributed by atoms with E-state index in [1.807, 2.05) is 11.8 Å². The van der Waals surface area contributed by atoms with Gasteiger partial charge in [0, 0.05) is 19.1 Å². The zero-order valence-corrected chi connectivity index (χ0v) is 11.7. The number of urea groups is 1. The van der Waals surface area contributed by atoms with Crippen LogP contribution in [0.4, 0.5) is 4.79 Å². The highest BCUT2D eigenvalue weighted by molar-refractivity contribution is 5.83. The van der Waals surface area contributed by atoms with E-state index in [0.717, 1.165) is 19.3 Å². The second-order valence-electron chi connectivity index (χ2n) is 5.55. The van der Waals surface area contributed by atoms with Crippen molar-refractivity contribution in [2.45, 2.75) is 64.0 Å². The highest BCUT2D eigenvalue weighted by Crippen LogP contribution is 2.26. The number of hydrogen-bond donors (Lipinski definition) is 1.